The van der Waals surface area contributed by atoms with Crippen LogP contribution in [0.3, 0.4) is 0 Å². The molecule has 0 radical (unpaired) electrons. The average molecular weight is 558 g/mol. The number of ketones is 3. The number of Topliss-reactive ketones (excluding diaryl/α,β-unsaturated/α-hetero) is 3. The summed E-state index contributed by atoms with van der Waals surface area (Å²) in [5.41, 5.74) is -0.702. The summed E-state index contributed by atoms with van der Waals surface area (Å²) in [4.78, 5) is 61.4. The van der Waals surface area contributed by atoms with Gasteiger partial charge in [-0.25, -0.2) is 0 Å². The number of fused-ring (bicyclic) bond motifs is 1. The molecule has 1 saturated carbocycles. The number of allylic oxidation sites excluding steroid dienone is 3. The topological polar surface area (TPSA) is 116 Å². The first-order valence-electron chi connectivity index (χ1n) is 15.1. The van der Waals surface area contributed by atoms with Crippen molar-refractivity contribution in [2.75, 3.05) is 6.61 Å². The Morgan fingerprint density at radius 1 is 1.10 bits per heavy atom. The van der Waals surface area contributed by atoms with Gasteiger partial charge < -0.3 is 9.47 Å². The number of nitrogens with zero attached hydrogens (tertiary/aromatic N) is 1. The van der Waals surface area contributed by atoms with Gasteiger partial charge in [-0.05, 0) is 73.4 Å². The van der Waals surface area contributed by atoms with E-state index in [1.54, 1.807) is 6.92 Å². The van der Waals surface area contributed by atoms with E-state index in [1.807, 2.05) is 13.8 Å². The summed E-state index contributed by atoms with van der Waals surface area (Å²) in [7, 11) is 0. The Kier molecular flexibility index (Phi) is 11.2. The van der Waals surface area contributed by atoms with Crippen LogP contribution in [-0.2, 0) is 28.7 Å². The zero-order valence-corrected chi connectivity index (χ0v) is 25.0. The molecule has 0 aromatic carbocycles. The fraction of sp³-hybridized carbons (Fsp3) is 0.750. The molecule has 0 N–H and O–H groups in total. The fourth-order valence-electron chi connectivity index (χ4n) is 6.56. The molecule has 0 aliphatic heterocycles. The molecule has 8 nitrogen and oxygen atoms in total. The van der Waals surface area contributed by atoms with Crippen LogP contribution in [0.2, 0.25) is 0 Å². The van der Waals surface area contributed by atoms with E-state index in [1.165, 1.54) is 12.5 Å². The van der Waals surface area contributed by atoms with Gasteiger partial charge in [-0.2, -0.15) is 0 Å². The van der Waals surface area contributed by atoms with E-state index >= 15 is 0 Å². The monoisotopic (exact) mass is 557 g/mol. The second kappa shape index (κ2) is 13.9. The second-order valence-electron chi connectivity index (χ2n) is 12.5. The number of esters is 1. The van der Waals surface area contributed by atoms with Crippen LogP contribution in [0, 0.1) is 40.4 Å². The third-order valence-corrected chi connectivity index (χ3v) is 9.39. The number of rotatable bonds is 13. The Morgan fingerprint density at radius 2 is 1.82 bits per heavy atom. The van der Waals surface area contributed by atoms with Gasteiger partial charge in [0.25, 0.3) is 0 Å². The van der Waals surface area contributed by atoms with E-state index in [-0.39, 0.29) is 54.4 Å². The summed E-state index contributed by atoms with van der Waals surface area (Å²) in [6.07, 6.45) is 10.8. The number of ether oxygens (including phenoxy) is 2. The Morgan fingerprint density at radius 3 is 2.48 bits per heavy atom. The van der Waals surface area contributed by atoms with Crippen LogP contribution >= 0.6 is 0 Å². The third kappa shape index (κ3) is 7.42. The fourth-order valence-corrected chi connectivity index (χ4v) is 6.56. The van der Waals surface area contributed by atoms with E-state index in [2.05, 4.69) is 37.3 Å². The Bertz CT molecular complexity index is 1030. The highest BCUT2D eigenvalue weighted by Gasteiger charge is 2.43. The summed E-state index contributed by atoms with van der Waals surface area (Å²) in [5, 5.41) is 2.81. The molecule has 40 heavy (non-hydrogen) atoms. The van der Waals surface area contributed by atoms with Gasteiger partial charge in [0, 0.05) is 25.2 Å². The average Bonchev–Trinajstić information content (AvgIpc) is 2.93. The molecule has 9 atom stereocenters. The van der Waals surface area contributed by atoms with Crippen molar-refractivity contribution in [3.8, 4) is 0 Å². The molecule has 0 aromatic rings. The molecule has 0 heterocycles. The molecule has 9 unspecified atom stereocenters. The molecular formula is C32H47NO7. The Balaban J connectivity index is 1.65. The number of carbonyl (C=O) groups is 4. The van der Waals surface area contributed by atoms with Crippen molar-refractivity contribution in [1.29, 1.82) is 0 Å². The highest BCUT2D eigenvalue weighted by Crippen LogP contribution is 2.46. The van der Waals surface area contributed by atoms with Gasteiger partial charge in [0.1, 0.15) is 18.5 Å². The maximum Gasteiger partial charge on any atom is 0.308 e. The molecule has 1 fully saturated rings. The van der Waals surface area contributed by atoms with Crippen LogP contribution in [0.25, 0.3) is 0 Å². The third-order valence-electron chi connectivity index (χ3n) is 9.39. The van der Waals surface area contributed by atoms with Crippen LogP contribution in [0.1, 0.15) is 92.9 Å². The Labute approximate surface area is 238 Å². The highest BCUT2D eigenvalue weighted by molar-refractivity contribution is 6.11. The molecule has 0 spiro atoms. The predicted octanol–water partition coefficient (Wildman–Crippen LogP) is 5.96. The van der Waals surface area contributed by atoms with Crippen molar-refractivity contribution in [3.05, 3.63) is 28.7 Å². The lowest BCUT2D eigenvalue weighted by atomic mass is 9.64. The van der Waals surface area contributed by atoms with E-state index < -0.39 is 29.8 Å². The maximum atomic E-state index is 12.8. The molecule has 222 valence electrons. The van der Waals surface area contributed by atoms with E-state index in [0.29, 0.717) is 24.7 Å². The molecule has 3 rings (SSSR count). The lowest BCUT2D eigenvalue weighted by Gasteiger charge is -2.43. The number of hydrogen-bond donors (Lipinski definition) is 0. The largest absolute Gasteiger partial charge is 0.461 e. The summed E-state index contributed by atoms with van der Waals surface area (Å²) >= 11 is 0. The number of nitroso groups, excluding NO2 is 1. The van der Waals surface area contributed by atoms with Gasteiger partial charge in [0.15, 0.2) is 11.6 Å². The van der Waals surface area contributed by atoms with Gasteiger partial charge in [0.05, 0.1) is 12.0 Å². The zero-order chi connectivity index (χ0) is 29.6. The molecule has 3 aliphatic carbocycles. The van der Waals surface area contributed by atoms with Gasteiger partial charge in [0.2, 0.25) is 5.54 Å². The van der Waals surface area contributed by atoms with E-state index in [9.17, 15) is 24.1 Å². The van der Waals surface area contributed by atoms with Crippen molar-refractivity contribution in [2.24, 2.45) is 40.7 Å². The molecule has 0 bridgehead atoms. The first-order valence-corrected chi connectivity index (χ1v) is 15.1. The van der Waals surface area contributed by atoms with Gasteiger partial charge in [-0.1, -0.05) is 52.8 Å². The van der Waals surface area contributed by atoms with Crippen LogP contribution in [-0.4, -0.2) is 47.7 Å². The SMILES string of the molecule is CCC(=O)C(C)(N=O)C(=O)COC1CC(=O)CC(CCC2C(C)C=CC3=CC(C)CC(OC(=O)C(C)CC)C32)C1. The van der Waals surface area contributed by atoms with Crippen LogP contribution in [0.15, 0.2) is 29.0 Å². The first kappa shape index (κ1) is 32.0. The molecule has 0 saturated heterocycles. The molecule has 3 aliphatic rings. The molecular weight excluding hydrogens is 510 g/mol. The van der Waals surface area contributed by atoms with Crippen LogP contribution in [0.5, 0.6) is 0 Å². The van der Waals surface area contributed by atoms with Crippen LogP contribution < -0.4 is 0 Å². The van der Waals surface area contributed by atoms with Gasteiger partial charge in [-0.3, -0.25) is 19.2 Å². The van der Waals surface area contributed by atoms with Crippen molar-refractivity contribution < 1.29 is 28.7 Å². The van der Waals surface area contributed by atoms with Crippen molar-refractivity contribution in [2.45, 2.75) is 111 Å². The lowest BCUT2D eigenvalue weighted by Crippen LogP contribution is -2.44. The van der Waals surface area contributed by atoms with E-state index in [4.69, 9.17) is 9.47 Å². The molecule has 0 aromatic heterocycles. The number of carbonyl (C=O) groups excluding carboxylic acids is 4. The van der Waals surface area contributed by atoms with Gasteiger partial charge in [-0.15, -0.1) is 4.91 Å². The van der Waals surface area contributed by atoms with Crippen LogP contribution in [0.4, 0.5) is 0 Å². The normalized spacial score (nSPS) is 32.3. The smallest absolute Gasteiger partial charge is 0.308 e. The van der Waals surface area contributed by atoms with Gasteiger partial charge >= 0.3 is 5.97 Å². The van der Waals surface area contributed by atoms with Crippen molar-refractivity contribution >= 4 is 23.3 Å². The Hall–Kier alpha value is -2.48. The molecule has 0 amide bonds. The second-order valence-corrected chi connectivity index (χ2v) is 12.5. The zero-order valence-electron chi connectivity index (χ0n) is 25.0. The van der Waals surface area contributed by atoms with Crippen molar-refractivity contribution in [1.82, 2.24) is 0 Å². The summed E-state index contributed by atoms with van der Waals surface area (Å²) in [6, 6.07) is 0. The summed E-state index contributed by atoms with van der Waals surface area (Å²) in [6.45, 7) is 10.7. The minimum atomic E-state index is -1.95. The standard InChI is InChI=1S/C32H47NO7/c1-7-20(4)31(37)40-27-14-19(3)13-23-11-9-21(5)26(30(23)27)12-10-22-15-24(34)17-25(16-22)39-18-29(36)32(6,33-38)28(35)8-2/h9,11,13,19-22,25-27,30H,7-8,10,12,14-18H2,1-6H3. The minimum Gasteiger partial charge on any atom is -0.461 e. The maximum absolute atomic E-state index is 12.8. The quantitative estimate of drug-likeness (QED) is 0.156. The van der Waals surface area contributed by atoms with Crippen molar-refractivity contribution in [3.63, 3.8) is 0 Å². The first-order chi connectivity index (χ1) is 18.9. The minimum absolute atomic E-state index is 0.0290. The predicted molar refractivity (Wildman–Crippen MR) is 152 cm³/mol. The summed E-state index contributed by atoms with van der Waals surface area (Å²) < 4.78 is 11.9. The van der Waals surface area contributed by atoms with E-state index in [0.717, 1.165) is 25.7 Å². The number of hydrogen-bond acceptors (Lipinski definition) is 8. The molecule has 8 heteroatoms. The highest BCUT2D eigenvalue weighted by atomic mass is 16.5. The lowest BCUT2D eigenvalue weighted by molar-refractivity contribution is -0.158. The summed E-state index contributed by atoms with van der Waals surface area (Å²) in [5.74, 6) is -0.184.